The van der Waals surface area contributed by atoms with Gasteiger partial charge in [0.2, 0.25) is 0 Å². The van der Waals surface area contributed by atoms with Crippen LogP contribution in [0.15, 0.2) is 0 Å². The van der Waals surface area contributed by atoms with Gasteiger partial charge in [-0.15, -0.1) is 0 Å². The number of rotatable bonds is 3. The van der Waals surface area contributed by atoms with Gasteiger partial charge in [0.15, 0.2) is 0 Å². The predicted octanol–water partition coefficient (Wildman–Crippen LogP) is 1.42. The van der Waals surface area contributed by atoms with E-state index in [-0.39, 0.29) is 6.61 Å². The summed E-state index contributed by atoms with van der Waals surface area (Å²) in [5.41, 5.74) is 0. The van der Waals surface area contributed by atoms with Crippen LogP contribution in [0.2, 0.25) is 0 Å². The second-order valence-electron chi connectivity index (χ2n) is 1.26. The second-order valence-corrected chi connectivity index (χ2v) is 1.26. The molecule has 2 radical (unpaired) electrons. The van der Waals surface area contributed by atoms with E-state index in [1.807, 2.05) is 0 Å². The van der Waals surface area contributed by atoms with Crippen molar-refractivity contribution < 1.29 is 5.11 Å². The topological polar surface area (TPSA) is 19.9 Å². The monoisotopic (exact) mass is 86.1 g/mol. The van der Waals surface area contributed by atoms with Crippen molar-refractivity contribution in [2.45, 2.75) is 19.3 Å². The van der Waals surface area contributed by atoms with E-state index in [4.69, 9.17) is 0 Å². The quantitative estimate of drug-likeness (QED) is 0.463. The van der Waals surface area contributed by atoms with Crippen molar-refractivity contribution in [1.29, 1.82) is 0 Å². The fourth-order valence-electron chi connectivity index (χ4n) is 0.279. The van der Waals surface area contributed by atoms with Gasteiger partial charge in [-0.3, -0.25) is 0 Å². The molecule has 0 aliphatic heterocycles. The first kappa shape index (κ1) is 5.96. The largest absolute Gasteiger partial charge is 0.237 e. The Morgan fingerprint density at radius 2 is 2.00 bits per heavy atom. The summed E-state index contributed by atoms with van der Waals surface area (Å²) in [6.45, 7) is 3.65. The zero-order valence-electron chi connectivity index (χ0n) is 3.94. The van der Waals surface area contributed by atoms with Crippen molar-refractivity contribution >= 4 is 0 Å². The summed E-state index contributed by atoms with van der Waals surface area (Å²) in [5, 5.41) is 9.66. The van der Waals surface area contributed by atoms with E-state index < -0.39 is 0 Å². The van der Waals surface area contributed by atoms with Gasteiger partial charge in [-0.2, -0.15) is 0 Å². The van der Waals surface area contributed by atoms with Crippen molar-refractivity contribution in [3.63, 3.8) is 0 Å². The van der Waals surface area contributed by atoms with Crippen LogP contribution in [0.1, 0.15) is 19.3 Å². The highest BCUT2D eigenvalue weighted by Crippen LogP contribution is 1.89. The van der Waals surface area contributed by atoms with Gasteiger partial charge in [-0.25, -0.2) is 5.11 Å². The van der Waals surface area contributed by atoms with E-state index in [1.165, 1.54) is 0 Å². The zero-order chi connectivity index (χ0) is 4.83. The zero-order valence-corrected chi connectivity index (χ0v) is 3.94. The maximum absolute atomic E-state index is 9.66. The Bertz CT molecular complexity index is 15.9. The highest BCUT2D eigenvalue weighted by atomic mass is 16.2. The van der Waals surface area contributed by atoms with Crippen LogP contribution >= 0.6 is 0 Å². The summed E-state index contributed by atoms with van der Waals surface area (Å²) in [6, 6.07) is 0. The molecule has 0 bridgehead atoms. The lowest BCUT2D eigenvalue weighted by molar-refractivity contribution is 0.187. The Hall–Kier alpha value is -0.0400. The van der Waals surface area contributed by atoms with Gasteiger partial charge in [-0.1, -0.05) is 19.8 Å². The lowest BCUT2D eigenvalue weighted by Gasteiger charge is -1.83. The molecule has 1 heteroatoms. The summed E-state index contributed by atoms with van der Waals surface area (Å²) in [6.07, 6.45) is 2.69. The molecule has 1 nitrogen and oxygen atoms in total. The molecule has 0 aliphatic rings. The minimum Gasteiger partial charge on any atom is -0.237 e. The number of hydrogen-bond acceptors (Lipinski definition) is 0. The third kappa shape index (κ3) is 3.96. The Morgan fingerprint density at radius 1 is 1.33 bits per heavy atom. The van der Waals surface area contributed by atoms with Crippen LogP contribution < -0.4 is 0 Å². The smallest absolute Gasteiger partial charge is 0.0822 e. The number of unbranched alkanes of at least 4 members (excludes halogenated alkanes) is 2. The van der Waals surface area contributed by atoms with Crippen LogP contribution in [-0.2, 0) is 5.11 Å². The third-order valence-electron chi connectivity index (χ3n) is 0.644. The maximum Gasteiger partial charge on any atom is 0.0822 e. The standard InChI is InChI=1S/C5H10O/c1-2-3-4-5-6/h1-5H2. The lowest BCUT2D eigenvalue weighted by Crippen LogP contribution is -1.76. The molecule has 36 valence electrons. The first-order valence-electron chi connectivity index (χ1n) is 2.29. The van der Waals surface area contributed by atoms with Crippen LogP contribution in [-0.4, -0.2) is 6.61 Å². The van der Waals surface area contributed by atoms with E-state index in [0.29, 0.717) is 0 Å². The minimum atomic E-state index is 0.0650. The van der Waals surface area contributed by atoms with Crippen molar-refractivity contribution in [1.82, 2.24) is 0 Å². The van der Waals surface area contributed by atoms with Crippen molar-refractivity contribution in [2.24, 2.45) is 0 Å². The third-order valence-corrected chi connectivity index (χ3v) is 0.644. The lowest BCUT2D eigenvalue weighted by atomic mass is 10.3. The average Bonchev–Trinajstić information content (AvgIpc) is 1.61. The fraction of sp³-hybridized carbons (Fsp3) is 0.800. The first-order chi connectivity index (χ1) is 2.91. The first-order valence-corrected chi connectivity index (χ1v) is 2.29. The number of hydrogen-bond donors (Lipinski definition) is 0. The molecule has 0 aromatic carbocycles. The molecule has 0 aliphatic carbocycles. The predicted molar refractivity (Wildman–Crippen MR) is 24.8 cm³/mol. The molecule has 0 saturated carbocycles. The molecular formula is C5H10O. The molecular weight excluding hydrogens is 76.1 g/mol. The molecule has 0 saturated heterocycles. The normalized spacial score (nSPS) is 9.00. The minimum absolute atomic E-state index is 0.0650. The van der Waals surface area contributed by atoms with E-state index in [1.54, 1.807) is 0 Å². The summed E-state index contributed by atoms with van der Waals surface area (Å²) in [7, 11) is 0. The van der Waals surface area contributed by atoms with Crippen LogP contribution in [0.4, 0.5) is 0 Å². The summed E-state index contributed by atoms with van der Waals surface area (Å²) < 4.78 is 0. The molecule has 0 spiro atoms. The van der Waals surface area contributed by atoms with E-state index in [0.717, 1.165) is 19.3 Å². The Morgan fingerprint density at radius 3 is 2.17 bits per heavy atom. The SMILES string of the molecule is [CH2]CCCC[O]. The average molecular weight is 86.1 g/mol. The molecule has 0 fully saturated rings. The highest BCUT2D eigenvalue weighted by molar-refractivity contribution is 4.38. The summed E-state index contributed by atoms with van der Waals surface area (Å²) in [5.74, 6) is 0. The molecule has 0 atom stereocenters. The molecule has 0 aromatic heterocycles. The Balaban J connectivity index is 2.34. The van der Waals surface area contributed by atoms with Crippen molar-refractivity contribution in [2.75, 3.05) is 6.61 Å². The van der Waals surface area contributed by atoms with Gasteiger partial charge in [0.1, 0.15) is 0 Å². The van der Waals surface area contributed by atoms with Gasteiger partial charge >= 0.3 is 0 Å². The van der Waals surface area contributed by atoms with Crippen molar-refractivity contribution in [3.8, 4) is 0 Å². The molecule has 0 amide bonds. The molecule has 0 unspecified atom stereocenters. The van der Waals surface area contributed by atoms with E-state index in [9.17, 15) is 5.11 Å². The molecule has 0 heterocycles. The molecule has 0 aromatic rings. The van der Waals surface area contributed by atoms with Crippen LogP contribution in [0.3, 0.4) is 0 Å². The Kier molecular flexibility index (Phi) is 4.93. The second kappa shape index (κ2) is 4.96. The van der Waals surface area contributed by atoms with E-state index >= 15 is 0 Å². The molecule has 6 heavy (non-hydrogen) atoms. The van der Waals surface area contributed by atoms with Gasteiger partial charge in [-0.05, 0) is 6.42 Å². The summed E-state index contributed by atoms with van der Waals surface area (Å²) in [4.78, 5) is 0. The Labute approximate surface area is 39.0 Å². The fourth-order valence-corrected chi connectivity index (χ4v) is 0.279. The van der Waals surface area contributed by atoms with Gasteiger partial charge in [0.25, 0.3) is 0 Å². The van der Waals surface area contributed by atoms with Gasteiger partial charge in [0, 0.05) is 0 Å². The van der Waals surface area contributed by atoms with Crippen LogP contribution in [0, 0.1) is 6.92 Å². The van der Waals surface area contributed by atoms with Crippen LogP contribution in [0.5, 0.6) is 0 Å². The summed E-state index contributed by atoms with van der Waals surface area (Å²) >= 11 is 0. The molecule has 0 rings (SSSR count). The van der Waals surface area contributed by atoms with Crippen LogP contribution in [0.25, 0.3) is 0 Å². The van der Waals surface area contributed by atoms with Crippen molar-refractivity contribution in [3.05, 3.63) is 6.92 Å². The maximum atomic E-state index is 9.66. The van der Waals surface area contributed by atoms with Gasteiger partial charge < -0.3 is 0 Å². The van der Waals surface area contributed by atoms with Gasteiger partial charge in [0.05, 0.1) is 6.61 Å². The molecule has 0 N–H and O–H groups in total. The highest BCUT2D eigenvalue weighted by Gasteiger charge is 1.78. The van der Waals surface area contributed by atoms with E-state index in [2.05, 4.69) is 6.92 Å².